The van der Waals surface area contributed by atoms with Crippen LogP contribution in [-0.2, 0) is 21.5 Å². The number of amides is 2. The van der Waals surface area contributed by atoms with Crippen molar-refractivity contribution in [3.8, 4) is 17.0 Å². The normalized spacial score (nSPS) is 29.9. The molecule has 2 bridgehead atoms. The predicted molar refractivity (Wildman–Crippen MR) is 195 cm³/mol. The molecule has 9 nitrogen and oxygen atoms in total. The Hall–Kier alpha value is -3.37. The maximum atomic E-state index is 14.9. The van der Waals surface area contributed by atoms with E-state index in [0.29, 0.717) is 23.8 Å². The Balaban J connectivity index is 1.27. The molecule has 3 aromatic rings. The third-order valence-electron chi connectivity index (χ3n) is 14.2. The maximum Gasteiger partial charge on any atom is 0.303 e. The second-order valence-electron chi connectivity index (χ2n) is 17.0. The Labute approximate surface area is 296 Å². The van der Waals surface area contributed by atoms with Crippen LogP contribution in [0.1, 0.15) is 118 Å². The Morgan fingerprint density at radius 1 is 0.960 bits per heavy atom. The molecule has 268 valence electrons. The number of rotatable bonds is 7. The van der Waals surface area contributed by atoms with E-state index in [1.807, 2.05) is 18.2 Å². The molecule has 1 aromatic heterocycles. The molecule has 4 unspecified atom stereocenters. The number of hydrogen-bond acceptors (Lipinski definition) is 5. The number of nitrogens with one attached hydrogen (secondary N) is 2. The minimum absolute atomic E-state index is 0.0453. The van der Waals surface area contributed by atoms with Crippen molar-refractivity contribution in [2.45, 2.75) is 109 Å². The summed E-state index contributed by atoms with van der Waals surface area (Å²) in [4.78, 5) is 28.3. The molecule has 0 radical (unpaired) electrons. The number of carbonyl (C=O) groups excluding carboxylic acids is 2. The summed E-state index contributed by atoms with van der Waals surface area (Å²) in [5.74, 6) is 1.10. The highest BCUT2D eigenvalue weighted by atomic mass is 32.2. The number of fused-ring (bicyclic) bond motifs is 9. The number of methoxy groups -OCH3 is 1. The molecule has 5 atom stereocenters. The smallest absolute Gasteiger partial charge is 0.303 e. The summed E-state index contributed by atoms with van der Waals surface area (Å²) in [5, 5.41) is 4.73. The number of nitrogens with zero attached hydrogens (tertiary/aromatic N) is 2. The zero-order valence-electron chi connectivity index (χ0n) is 30.4. The molecule has 50 heavy (non-hydrogen) atoms. The lowest BCUT2D eigenvalue weighted by molar-refractivity contribution is -0.129. The molecule has 8 rings (SSSR count). The van der Waals surface area contributed by atoms with Crippen LogP contribution in [0.2, 0.25) is 0 Å². The van der Waals surface area contributed by atoms with Gasteiger partial charge in [0.25, 0.3) is 5.91 Å². The Bertz CT molecular complexity index is 2010. The van der Waals surface area contributed by atoms with E-state index < -0.39 is 21.5 Å². The van der Waals surface area contributed by atoms with Crippen molar-refractivity contribution < 1.29 is 22.7 Å². The van der Waals surface area contributed by atoms with E-state index >= 15 is 0 Å². The monoisotopic (exact) mass is 700 g/mol. The molecule has 4 saturated carbocycles. The van der Waals surface area contributed by atoms with Gasteiger partial charge in [0.15, 0.2) is 0 Å². The van der Waals surface area contributed by atoms with Crippen LogP contribution >= 0.6 is 0 Å². The van der Waals surface area contributed by atoms with E-state index in [0.717, 1.165) is 76.3 Å². The van der Waals surface area contributed by atoms with Crippen molar-refractivity contribution in [2.75, 3.05) is 21.2 Å². The lowest BCUT2D eigenvalue weighted by atomic mass is 9.58. The first kappa shape index (κ1) is 33.8. The predicted octanol–water partition coefficient (Wildman–Crippen LogP) is 7.11. The van der Waals surface area contributed by atoms with E-state index in [9.17, 15) is 18.0 Å². The largest absolute Gasteiger partial charge is 0.497 e. The van der Waals surface area contributed by atoms with Crippen LogP contribution in [0.5, 0.6) is 5.75 Å². The third kappa shape index (κ3) is 4.98. The van der Waals surface area contributed by atoms with Crippen LogP contribution in [0, 0.1) is 22.2 Å². The van der Waals surface area contributed by atoms with E-state index in [2.05, 4.69) is 47.5 Å². The van der Waals surface area contributed by atoms with Crippen molar-refractivity contribution in [1.29, 1.82) is 0 Å². The lowest BCUT2D eigenvalue weighted by Crippen LogP contribution is -2.53. The summed E-state index contributed by atoms with van der Waals surface area (Å²) in [7, 11) is 0.509. The summed E-state index contributed by atoms with van der Waals surface area (Å²) in [6.45, 7) is 7.73. The van der Waals surface area contributed by atoms with Gasteiger partial charge in [0.1, 0.15) is 5.75 Å². The average Bonchev–Trinajstić information content (AvgIpc) is 3.74. The summed E-state index contributed by atoms with van der Waals surface area (Å²) in [6, 6.07) is 12.1. The maximum absolute atomic E-state index is 14.9. The van der Waals surface area contributed by atoms with Gasteiger partial charge in [-0.05, 0) is 109 Å². The number of carbonyl (C=O) groups is 2. The standard InChI is InChI=1S/C40H52N4O5S/c1-38(2)30-16-18-39(38,3)19-17-32(30)41-37(46)40-22-31(40)29-21-26(49-6)13-15-27(29)35-34(24-10-8-7-9-11-24)28-14-12-25(20-33(28)44(35)23-40)36(45)42-50(47,48)43(4)5/h12-15,20-21,24,30-32H,7-11,16-19,22-23H2,1-6H3,(H,41,46)(H,42,45)/t30?,31?,32-,39?,40?/m0/s1. The zero-order chi connectivity index (χ0) is 35.4. The van der Waals surface area contributed by atoms with Gasteiger partial charge in [-0.2, -0.15) is 12.7 Å². The number of hydrogen-bond donors (Lipinski definition) is 2. The highest BCUT2D eigenvalue weighted by Crippen LogP contribution is 2.67. The Morgan fingerprint density at radius 3 is 2.42 bits per heavy atom. The summed E-state index contributed by atoms with van der Waals surface area (Å²) in [6.07, 6.45) is 11.0. The molecule has 2 N–H and O–H groups in total. The Kier molecular flexibility index (Phi) is 7.81. The molecule has 4 fully saturated rings. The van der Waals surface area contributed by atoms with Gasteiger partial charge in [0.2, 0.25) is 5.91 Å². The van der Waals surface area contributed by atoms with Crippen LogP contribution in [0.3, 0.4) is 0 Å². The van der Waals surface area contributed by atoms with Crippen molar-refractivity contribution in [2.24, 2.45) is 22.2 Å². The molecule has 5 aliphatic rings. The minimum atomic E-state index is -3.97. The molecular weight excluding hydrogens is 649 g/mol. The first-order chi connectivity index (χ1) is 23.7. The van der Waals surface area contributed by atoms with E-state index in [-0.39, 0.29) is 28.8 Å². The molecule has 0 spiro atoms. The quantitative estimate of drug-likeness (QED) is 0.273. The SMILES string of the molecule is COc1ccc2c(c1)C1CC1(C(=O)N[C@H]1CCC3(C)CCC1C3(C)C)Cn1c-2c(C2CCCCC2)c2ccc(C(=O)NS(=O)(=O)N(C)C)cc21. The molecule has 4 aliphatic carbocycles. The Morgan fingerprint density at radius 2 is 1.70 bits per heavy atom. The van der Waals surface area contributed by atoms with Crippen LogP contribution in [0.15, 0.2) is 36.4 Å². The molecule has 1 aliphatic heterocycles. The van der Waals surface area contributed by atoms with E-state index in [1.54, 1.807) is 13.2 Å². The van der Waals surface area contributed by atoms with Gasteiger partial charge in [0.05, 0.1) is 18.2 Å². The van der Waals surface area contributed by atoms with Crippen molar-refractivity contribution in [3.63, 3.8) is 0 Å². The van der Waals surface area contributed by atoms with Crippen LogP contribution in [0.25, 0.3) is 22.2 Å². The number of benzene rings is 2. The summed E-state index contributed by atoms with van der Waals surface area (Å²) >= 11 is 0. The average molecular weight is 701 g/mol. The third-order valence-corrected chi connectivity index (χ3v) is 15.6. The van der Waals surface area contributed by atoms with Crippen molar-refractivity contribution >= 4 is 32.9 Å². The molecule has 2 aromatic carbocycles. The van der Waals surface area contributed by atoms with Gasteiger partial charge in [-0.15, -0.1) is 0 Å². The number of ether oxygens (including phenoxy) is 1. The van der Waals surface area contributed by atoms with Crippen LogP contribution in [0.4, 0.5) is 0 Å². The summed E-state index contributed by atoms with van der Waals surface area (Å²) < 4.78 is 36.5. The fourth-order valence-electron chi connectivity index (χ4n) is 10.6. The van der Waals surface area contributed by atoms with Gasteiger partial charge in [-0.3, -0.25) is 9.59 Å². The minimum Gasteiger partial charge on any atom is -0.497 e. The summed E-state index contributed by atoms with van der Waals surface area (Å²) in [5.41, 5.74) is 5.71. The second kappa shape index (κ2) is 11.6. The lowest BCUT2D eigenvalue weighted by Gasteiger charge is -2.49. The highest BCUT2D eigenvalue weighted by molar-refractivity contribution is 7.87. The van der Waals surface area contributed by atoms with Crippen LogP contribution in [-0.4, -0.2) is 56.4 Å². The topological polar surface area (TPSA) is 110 Å². The van der Waals surface area contributed by atoms with Gasteiger partial charge >= 0.3 is 10.2 Å². The van der Waals surface area contributed by atoms with E-state index in [1.165, 1.54) is 45.3 Å². The van der Waals surface area contributed by atoms with Crippen molar-refractivity contribution in [3.05, 3.63) is 53.1 Å². The highest BCUT2D eigenvalue weighted by Gasteiger charge is 2.64. The van der Waals surface area contributed by atoms with Gasteiger partial charge < -0.3 is 14.6 Å². The fourth-order valence-corrected chi connectivity index (χ4v) is 11.2. The fraction of sp³-hybridized carbons (Fsp3) is 0.600. The van der Waals surface area contributed by atoms with Gasteiger partial charge in [-0.25, -0.2) is 4.72 Å². The second-order valence-corrected chi connectivity index (χ2v) is 18.9. The van der Waals surface area contributed by atoms with Crippen LogP contribution < -0.4 is 14.8 Å². The van der Waals surface area contributed by atoms with Crippen molar-refractivity contribution in [1.82, 2.24) is 18.9 Å². The molecular formula is C40H52N4O5S. The molecule has 10 heteroatoms. The molecule has 0 saturated heterocycles. The van der Waals surface area contributed by atoms with Gasteiger partial charge in [-0.1, -0.05) is 46.1 Å². The zero-order valence-corrected chi connectivity index (χ0v) is 31.2. The first-order valence-electron chi connectivity index (χ1n) is 18.6. The van der Waals surface area contributed by atoms with Gasteiger partial charge in [0, 0.05) is 54.6 Å². The first-order valence-corrected chi connectivity index (χ1v) is 20.0. The number of aromatic nitrogens is 1. The van der Waals surface area contributed by atoms with E-state index in [4.69, 9.17) is 4.74 Å². The molecule has 2 heterocycles. The molecule has 2 amide bonds.